The topological polar surface area (TPSA) is 55.9 Å². The van der Waals surface area contributed by atoms with Crippen molar-refractivity contribution in [3.05, 3.63) is 66.4 Å². The molecule has 0 radical (unpaired) electrons. The first kappa shape index (κ1) is 12.6. The van der Waals surface area contributed by atoms with Gasteiger partial charge in [0.15, 0.2) is 0 Å². The zero-order valence-corrected chi connectivity index (χ0v) is 11.3. The zero-order chi connectivity index (χ0) is 13.8. The lowest BCUT2D eigenvalue weighted by Gasteiger charge is -2.05. The molecular weight excluding hydrogens is 252 g/mol. The number of aromatic nitrogens is 3. The lowest BCUT2D eigenvalue weighted by Crippen LogP contribution is -2.12. The Morgan fingerprint density at radius 1 is 1.20 bits per heavy atom. The standard InChI is InChI=1S/C15H16N4O/c1-12-8-18-15(20-12)10-17-9-13-2-4-14(5-3-13)19-7-6-16-11-19/h2-8,11,17H,9-10H2,1H3. The third kappa shape index (κ3) is 2.95. The van der Waals surface area contributed by atoms with E-state index in [1.165, 1.54) is 5.56 Å². The van der Waals surface area contributed by atoms with Gasteiger partial charge in [0, 0.05) is 24.6 Å². The van der Waals surface area contributed by atoms with Crippen LogP contribution in [0.4, 0.5) is 0 Å². The van der Waals surface area contributed by atoms with Gasteiger partial charge in [0.2, 0.25) is 5.89 Å². The van der Waals surface area contributed by atoms with Crippen LogP contribution in [-0.2, 0) is 13.1 Å². The molecule has 0 bridgehead atoms. The van der Waals surface area contributed by atoms with Crippen molar-refractivity contribution in [3.63, 3.8) is 0 Å². The van der Waals surface area contributed by atoms with Gasteiger partial charge in [-0.25, -0.2) is 9.97 Å². The lowest BCUT2D eigenvalue weighted by molar-refractivity contribution is 0.449. The number of benzene rings is 1. The highest BCUT2D eigenvalue weighted by molar-refractivity contribution is 5.34. The summed E-state index contributed by atoms with van der Waals surface area (Å²) in [5, 5.41) is 3.31. The molecule has 3 aromatic rings. The average Bonchev–Trinajstić information content (AvgIpc) is 3.11. The molecule has 0 unspecified atom stereocenters. The largest absolute Gasteiger partial charge is 0.445 e. The molecule has 0 spiro atoms. The van der Waals surface area contributed by atoms with Crippen LogP contribution >= 0.6 is 0 Å². The summed E-state index contributed by atoms with van der Waals surface area (Å²) in [7, 11) is 0. The first-order valence-electron chi connectivity index (χ1n) is 6.50. The van der Waals surface area contributed by atoms with E-state index in [9.17, 15) is 0 Å². The molecule has 0 saturated heterocycles. The molecule has 0 aliphatic carbocycles. The lowest BCUT2D eigenvalue weighted by atomic mass is 10.2. The summed E-state index contributed by atoms with van der Waals surface area (Å²) in [6.07, 6.45) is 7.22. The number of oxazole rings is 1. The maximum atomic E-state index is 5.41. The molecule has 0 aliphatic heterocycles. The Labute approximate surface area is 117 Å². The second-order valence-electron chi connectivity index (χ2n) is 4.60. The normalized spacial score (nSPS) is 10.8. The number of rotatable bonds is 5. The van der Waals surface area contributed by atoms with Crippen LogP contribution in [0.3, 0.4) is 0 Å². The molecule has 3 rings (SSSR count). The van der Waals surface area contributed by atoms with Gasteiger partial charge in [-0.2, -0.15) is 0 Å². The Kier molecular flexibility index (Phi) is 3.60. The predicted octanol–water partition coefficient (Wildman–Crippen LogP) is 2.46. The Hall–Kier alpha value is -2.40. The summed E-state index contributed by atoms with van der Waals surface area (Å²) in [6.45, 7) is 3.31. The van der Waals surface area contributed by atoms with Gasteiger partial charge in [-0.15, -0.1) is 0 Å². The fourth-order valence-electron chi connectivity index (χ4n) is 1.99. The molecule has 2 heterocycles. The SMILES string of the molecule is Cc1cnc(CNCc2ccc(-n3ccnc3)cc2)o1. The summed E-state index contributed by atoms with van der Waals surface area (Å²) < 4.78 is 7.38. The summed E-state index contributed by atoms with van der Waals surface area (Å²) in [4.78, 5) is 8.19. The van der Waals surface area contributed by atoms with Crippen molar-refractivity contribution in [1.29, 1.82) is 0 Å². The van der Waals surface area contributed by atoms with Gasteiger partial charge in [-0.1, -0.05) is 12.1 Å². The molecule has 0 amide bonds. The molecule has 20 heavy (non-hydrogen) atoms. The Bertz CT molecular complexity index is 656. The van der Waals surface area contributed by atoms with Crippen molar-refractivity contribution in [2.24, 2.45) is 0 Å². The minimum atomic E-state index is 0.636. The van der Waals surface area contributed by atoms with E-state index >= 15 is 0 Å². The minimum Gasteiger partial charge on any atom is -0.445 e. The van der Waals surface area contributed by atoms with E-state index < -0.39 is 0 Å². The van der Waals surface area contributed by atoms with E-state index in [0.29, 0.717) is 6.54 Å². The number of aryl methyl sites for hydroxylation is 1. The predicted molar refractivity (Wildman–Crippen MR) is 75.3 cm³/mol. The van der Waals surface area contributed by atoms with E-state index in [2.05, 4.69) is 39.6 Å². The zero-order valence-electron chi connectivity index (χ0n) is 11.3. The number of hydrogen-bond acceptors (Lipinski definition) is 4. The van der Waals surface area contributed by atoms with Crippen molar-refractivity contribution in [2.45, 2.75) is 20.0 Å². The Morgan fingerprint density at radius 2 is 2.05 bits per heavy atom. The van der Waals surface area contributed by atoms with Crippen molar-refractivity contribution in [1.82, 2.24) is 19.9 Å². The van der Waals surface area contributed by atoms with Crippen LogP contribution in [0.2, 0.25) is 0 Å². The highest BCUT2D eigenvalue weighted by Crippen LogP contribution is 2.09. The highest BCUT2D eigenvalue weighted by atomic mass is 16.4. The molecule has 0 saturated carbocycles. The van der Waals surface area contributed by atoms with E-state index in [0.717, 1.165) is 23.9 Å². The second kappa shape index (κ2) is 5.71. The van der Waals surface area contributed by atoms with Gasteiger partial charge < -0.3 is 14.3 Å². The fourth-order valence-corrected chi connectivity index (χ4v) is 1.99. The van der Waals surface area contributed by atoms with E-state index in [-0.39, 0.29) is 0 Å². The molecule has 0 fully saturated rings. The number of nitrogens with zero attached hydrogens (tertiary/aromatic N) is 3. The summed E-state index contributed by atoms with van der Waals surface area (Å²) in [5.74, 6) is 1.56. The van der Waals surface area contributed by atoms with Crippen molar-refractivity contribution >= 4 is 0 Å². The van der Waals surface area contributed by atoms with Gasteiger partial charge in [-0.3, -0.25) is 0 Å². The molecule has 5 heteroatoms. The Balaban J connectivity index is 1.56. The number of nitrogens with one attached hydrogen (secondary N) is 1. The van der Waals surface area contributed by atoms with E-state index in [4.69, 9.17) is 4.42 Å². The monoisotopic (exact) mass is 268 g/mol. The number of imidazole rings is 1. The molecule has 102 valence electrons. The summed E-state index contributed by atoms with van der Waals surface area (Å²) in [6, 6.07) is 8.36. The highest BCUT2D eigenvalue weighted by Gasteiger charge is 2.00. The maximum absolute atomic E-state index is 5.41. The molecule has 5 nitrogen and oxygen atoms in total. The van der Waals surface area contributed by atoms with Gasteiger partial charge in [0.05, 0.1) is 19.1 Å². The van der Waals surface area contributed by atoms with Gasteiger partial charge in [-0.05, 0) is 24.6 Å². The molecule has 0 atom stereocenters. The van der Waals surface area contributed by atoms with Crippen LogP contribution < -0.4 is 5.32 Å². The molecular formula is C15H16N4O. The smallest absolute Gasteiger partial charge is 0.208 e. The van der Waals surface area contributed by atoms with Crippen LogP contribution in [0.1, 0.15) is 17.2 Å². The van der Waals surface area contributed by atoms with Crippen LogP contribution in [0.15, 0.2) is 53.6 Å². The average molecular weight is 268 g/mol. The van der Waals surface area contributed by atoms with Crippen molar-refractivity contribution < 1.29 is 4.42 Å². The Morgan fingerprint density at radius 3 is 2.70 bits per heavy atom. The van der Waals surface area contributed by atoms with Gasteiger partial charge in [0.25, 0.3) is 0 Å². The van der Waals surface area contributed by atoms with Gasteiger partial charge >= 0.3 is 0 Å². The molecule has 2 aromatic heterocycles. The van der Waals surface area contributed by atoms with Gasteiger partial charge in [0.1, 0.15) is 5.76 Å². The van der Waals surface area contributed by atoms with Crippen LogP contribution in [0.5, 0.6) is 0 Å². The van der Waals surface area contributed by atoms with Crippen LogP contribution in [0, 0.1) is 6.92 Å². The molecule has 0 aliphatic rings. The summed E-state index contributed by atoms with van der Waals surface area (Å²) >= 11 is 0. The summed E-state index contributed by atoms with van der Waals surface area (Å²) in [5.41, 5.74) is 2.33. The van der Waals surface area contributed by atoms with Crippen molar-refractivity contribution in [3.8, 4) is 5.69 Å². The first-order valence-corrected chi connectivity index (χ1v) is 6.50. The second-order valence-corrected chi connectivity index (χ2v) is 4.60. The van der Waals surface area contributed by atoms with Crippen molar-refractivity contribution in [2.75, 3.05) is 0 Å². The molecule has 1 N–H and O–H groups in total. The van der Waals surface area contributed by atoms with E-state index in [1.807, 2.05) is 17.7 Å². The number of hydrogen-bond donors (Lipinski definition) is 1. The third-order valence-corrected chi connectivity index (χ3v) is 3.01. The van der Waals surface area contributed by atoms with Crippen LogP contribution in [-0.4, -0.2) is 14.5 Å². The minimum absolute atomic E-state index is 0.636. The third-order valence-electron chi connectivity index (χ3n) is 3.01. The quantitative estimate of drug-likeness (QED) is 0.772. The maximum Gasteiger partial charge on any atom is 0.208 e. The first-order chi connectivity index (χ1) is 9.81. The fraction of sp³-hybridized carbons (Fsp3) is 0.200. The van der Waals surface area contributed by atoms with Crippen LogP contribution in [0.25, 0.3) is 5.69 Å². The molecule has 1 aromatic carbocycles. The van der Waals surface area contributed by atoms with E-state index in [1.54, 1.807) is 18.7 Å².